The van der Waals surface area contributed by atoms with Crippen molar-refractivity contribution >= 4 is 11.6 Å². The molecular formula is C20H16N4O2. The van der Waals surface area contributed by atoms with Gasteiger partial charge in [-0.15, -0.1) is 0 Å². The molecule has 0 radical (unpaired) electrons. The third-order valence-corrected chi connectivity index (χ3v) is 4.51. The first-order chi connectivity index (χ1) is 12.6. The van der Waals surface area contributed by atoms with Gasteiger partial charge in [0.25, 0.3) is 5.89 Å². The monoisotopic (exact) mass is 344 g/mol. The van der Waals surface area contributed by atoms with Crippen LogP contribution in [0.5, 0.6) is 0 Å². The number of anilines is 1. The Kier molecular flexibility index (Phi) is 3.98. The number of carbonyl (C=O) groups is 1. The average molecular weight is 344 g/mol. The predicted molar refractivity (Wildman–Crippen MR) is 95.3 cm³/mol. The Morgan fingerprint density at radius 2 is 2.04 bits per heavy atom. The third kappa shape index (κ3) is 2.95. The van der Waals surface area contributed by atoms with Gasteiger partial charge in [-0.3, -0.25) is 4.79 Å². The lowest BCUT2D eigenvalue weighted by Crippen LogP contribution is -2.24. The minimum atomic E-state index is -0.0982. The number of amides is 1. The van der Waals surface area contributed by atoms with Crippen molar-refractivity contribution in [1.29, 1.82) is 5.26 Å². The maximum absolute atomic E-state index is 12.4. The normalized spacial score (nSPS) is 16.7. The highest BCUT2D eigenvalue weighted by Gasteiger charge is 2.34. The summed E-state index contributed by atoms with van der Waals surface area (Å²) in [6, 6.07) is 16.9. The fourth-order valence-corrected chi connectivity index (χ4v) is 3.13. The largest absolute Gasteiger partial charge is 0.334 e. The van der Waals surface area contributed by atoms with E-state index < -0.39 is 0 Å². The highest BCUT2D eigenvalue weighted by molar-refractivity contribution is 5.96. The molecule has 1 aliphatic heterocycles. The molecule has 128 valence electrons. The van der Waals surface area contributed by atoms with Gasteiger partial charge in [-0.1, -0.05) is 17.3 Å². The molecule has 1 atom stereocenters. The maximum atomic E-state index is 12.4. The number of aryl methyl sites for hydroxylation is 1. The first kappa shape index (κ1) is 16.0. The van der Waals surface area contributed by atoms with E-state index in [0.717, 1.165) is 16.8 Å². The van der Waals surface area contributed by atoms with Gasteiger partial charge in [-0.05, 0) is 48.9 Å². The molecule has 1 unspecified atom stereocenters. The molecule has 0 spiro atoms. The minimum absolute atomic E-state index is 0.0605. The van der Waals surface area contributed by atoms with Gasteiger partial charge in [-0.25, -0.2) is 0 Å². The molecule has 0 saturated carbocycles. The maximum Gasteiger partial charge on any atom is 0.257 e. The van der Waals surface area contributed by atoms with E-state index in [4.69, 9.17) is 9.78 Å². The number of carbonyl (C=O) groups excluding carboxylic acids is 1. The number of hydrogen-bond acceptors (Lipinski definition) is 5. The van der Waals surface area contributed by atoms with Crippen LogP contribution in [0.25, 0.3) is 11.5 Å². The van der Waals surface area contributed by atoms with Gasteiger partial charge in [0.2, 0.25) is 5.91 Å². The Morgan fingerprint density at radius 1 is 1.23 bits per heavy atom. The summed E-state index contributed by atoms with van der Waals surface area (Å²) in [5, 5.41) is 12.9. The van der Waals surface area contributed by atoms with Crippen molar-refractivity contribution < 1.29 is 9.32 Å². The molecule has 4 rings (SSSR count). The number of benzene rings is 2. The molecule has 1 saturated heterocycles. The van der Waals surface area contributed by atoms with Crippen LogP contribution in [0.4, 0.5) is 5.69 Å². The molecular weight excluding hydrogens is 328 g/mol. The van der Waals surface area contributed by atoms with Gasteiger partial charge in [-0.2, -0.15) is 10.2 Å². The molecule has 1 amide bonds. The van der Waals surface area contributed by atoms with Gasteiger partial charge >= 0.3 is 0 Å². The molecule has 3 aromatic rings. The number of nitrogens with zero attached hydrogens (tertiary/aromatic N) is 4. The van der Waals surface area contributed by atoms with Crippen LogP contribution in [0.3, 0.4) is 0 Å². The van der Waals surface area contributed by atoms with Crippen molar-refractivity contribution in [3.8, 4) is 17.5 Å². The molecule has 26 heavy (non-hydrogen) atoms. The second-order valence-corrected chi connectivity index (χ2v) is 6.39. The first-order valence-corrected chi connectivity index (χ1v) is 8.35. The third-order valence-electron chi connectivity index (χ3n) is 4.51. The van der Waals surface area contributed by atoms with Crippen molar-refractivity contribution in [1.82, 2.24) is 10.1 Å². The van der Waals surface area contributed by atoms with Crippen LogP contribution in [0, 0.1) is 18.3 Å². The van der Waals surface area contributed by atoms with Crippen LogP contribution < -0.4 is 4.90 Å². The highest BCUT2D eigenvalue weighted by atomic mass is 16.5. The fourth-order valence-electron chi connectivity index (χ4n) is 3.13. The average Bonchev–Trinajstić information content (AvgIpc) is 3.29. The molecule has 2 heterocycles. The van der Waals surface area contributed by atoms with Gasteiger partial charge in [0.05, 0.1) is 11.6 Å². The number of hydrogen-bond donors (Lipinski definition) is 0. The SMILES string of the molecule is Cc1cccc(N2CC(c3noc(-c4ccc(C#N)cc4)n3)CC2=O)c1. The van der Waals surface area contributed by atoms with E-state index in [1.54, 1.807) is 29.2 Å². The van der Waals surface area contributed by atoms with Gasteiger partial charge < -0.3 is 9.42 Å². The van der Waals surface area contributed by atoms with Crippen molar-refractivity contribution in [3.63, 3.8) is 0 Å². The minimum Gasteiger partial charge on any atom is -0.334 e. The van der Waals surface area contributed by atoms with E-state index in [9.17, 15) is 4.79 Å². The summed E-state index contributed by atoms with van der Waals surface area (Å²) in [5.74, 6) is 0.892. The first-order valence-electron chi connectivity index (χ1n) is 8.35. The summed E-state index contributed by atoms with van der Waals surface area (Å²) in [7, 11) is 0. The van der Waals surface area contributed by atoms with Crippen LogP contribution in [0.15, 0.2) is 53.1 Å². The Bertz CT molecular complexity index is 1000. The smallest absolute Gasteiger partial charge is 0.257 e. The standard InChI is InChI=1S/C20H16N4O2/c1-13-3-2-4-17(9-13)24-12-16(10-18(24)25)19-22-20(26-23-19)15-7-5-14(11-21)6-8-15/h2-9,16H,10,12H2,1H3. The molecule has 1 aliphatic rings. The molecule has 6 nitrogen and oxygen atoms in total. The molecule has 2 aromatic carbocycles. The van der Waals surface area contributed by atoms with E-state index in [0.29, 0.717) is 30.2 Å². The second kappa shape index (κ2) is 6.45. The second-order valence-electron chi connectivity index (χ2n) is 6.39. The van der Waals surface area contributed by atoms with Crippen LogP contribution in [-0.4, -0.2) is 22.6 Å². The lowest BCUT2D eigenvalue weighted by Gasteiger charge is -2.16. The van der Waals surface area contributed by atoms with Crippen LogP contribution in [-0.2, 0) is 4.79 Å². The topological polar surface area (TPSA) is 83.0 Å². The Morgan fingerprint density at radius 3 is 2.77 bits per heavy atom. The molecule has 0 N–H and O–H groups in total. The molecule has 0 bridgehead atoms. The van der Waals surface area contributed by atoms with E-state index in [-0.39, 0.29) is 11.8 Å². The quantitative estimate of drug-likeness (QED) is 0.727. The van der Waals surface area contributed by atoms with Crippen molar-refractivity contribution in [3.05, 3.63) is 65.5 Å². The van der Waals surface area contributed by atoms with Gasteiger partial charge in [0, 0.05) is 30.1 Å². The Balaban J connectivity index is 1.55. The van der Waals surface area contributed by atoms with Gasteiger partial charge in [0.15, 0.2) is 5.82 Å². The van der Waals surface area contributed by atoms with Gasteiger partial charge in [0.1, 0.15) is 0 Å². The number of aromatic nitrogens is 2. The van der Waals surface area contributed by atoms with Crippen LogP contribution in [0.2, 0.25) is 0 Å². The van der Waals surface area contributed by atoms with E-state index in [1.165, 1.54) is 0 Å². The Hall–Kier alpha value is -3.46. The van der Waals surface area contributed by atoms with Crippen LogP contribution in [0.1, 0.15) is 29.3 Å². The lowest BCUT2D eigenvalue weighted by molar-refractivity contribution is -0.117. The summed E-state index contributed by atoms with van der Waals surface area (Å²) < 4.78 is 5.36. The van der Waals surface area contributed by atoms with Crippen molar-refractivity contribution in [2.24, 2.45) is 0 Å². The van der Waals surface area contributed by atoms with E-state index in [2.05, 4.69) is 16.2 Å². The molecule has 6 heteroatoms. The predicted octanol–water partition coefficient (Wildman–Crippen LogP) is 3.44. The zero-order valence-electron chi connectivity index (χ0n) is 14.2. The summed E-state index contributed by atoms with van der Waals surface area (Å²) >= 11 is 0. The van der Waals surface area contributed by atoms with Crippen molar-refractivity contribution in [2.45, 2.75) is 19.3 Å². The number of nitriles is 1. The summed E-state index contributed by atoms with van der Waals surface area (Å²) in [4.78, 5) is 18.7. The molecule has 1 fully saturated rings. The summed E-state index contributed by atoms with van der Waals surface area (Å²) in [6.07, 6.45) is 0.361. The summed E-state index contributed by atoms with van der Waals surface area (Å²) in [6.45, 7) is 2.54. The van der Waals surface area contributed by atoms with Crippen LogP contribution >= 0.6 is 0 Å². The van der Waals surface area contributed by atoms with E-state index in [1.807, 2.05) is 31.2 Å². The van der Waals surface area contributed by atoms with E-state index >= 15 is 0 Å². The zero-order valence-corrected chi connectivity index (χ0v) is 14.2. The highest BCUT2D eigenvalue weighted by Crippen LogP contribution is 2.31. The summed E-state index contributed by atoms with van der Waals surface area (Å²) in [5.41, 5.74) is 3.33. The van der Waals surface area contributed by atoms with Crippen molar-refractivity contribution in [2.75, 3.05) is 11.4 Å². The fraction of sp³-hybridized carbons (Fsp3) is 0.200. The molecule has 0 aliphatic carbocycles. The lowest BCUT2D eigenvalue weighted by atomic mass is 10.1. The Labute approximate surface area is 150 Å². The zero-order chi connectivity index (χ0) is 18.1. The molecule has 1 aromatic heterocycles. The number of rotatable bonds is 3.